The van der Waals surface area contributed by atoms with Crippen molar-refractivity contribution >= 4 is 5.97 Å². The van der Waals surface area contributed by atoms with Gasteiger partial charge in [-0.05, 0) is 14.1 Å². The zero-order valence-electron chi connectivity index (χ0n) is 7.74. The van der Waals surface area contributed by atoms with Crippen LogP contribution in [0.3, 0.4) is 0 Å². The number of likely N-dealkylation sites (N-methyl/N-ethyl adjacent to an activating group) is 1. The first-order valence-electron chi connectivity index (χ1n) is 4.02. The molecule has 4 nitrogen and oxygen atoms in total. The van der Waals surface area contributed by atoms with Gasteiger partial charge < -0.3 is 14.4 Å². The second kappa shape index (κ2) is 3.87. The van der Waals surface area contributed by atoms with Crippen LogP contribution in [-0.4, -0.2) is 50.3 Å². The van der Waals surface area contributed by atoms with Crippen LogP contribution in [0.1, 0.15) is 6.92 Å². The zero-order valence-corrected chi connectivity index (χ0v) is 7.74. The average molecular weight is 173 g/mol. The number of carbonyl (C=O) groups is 1. The van der Waals surface area contributed by atoms with E-state index in [4.69, 9.17) is 9.47 Å². The molecule has 1 fully saturated rings. The van der Waals surface area contributed by atoms with Gasteiger partial charge in [-0.2, -0.15) is 0 Å². The minimum absolute atomic E-state index is 0.0995. The Morgan fingerprint density at radius 3 is 2.67 bits per heavy atom. The number of hydrogen-bond acceptors (Lipinski definition) is 4. The SMILES string of the molecule is CC(=O)O[C@@H]1COC[C@@H]1N(C)C. The summed E-state index contributed by atoms with van der Waals surface area (Å²) < 4.78 is 10.3. The Bertz CT molecular complexity index is 170. The number of esters is 1. The summed E-state index contributed by atoms with van der Waals surface area (Å²) in [5, 5.41) is 0. The highest BCUT2D eigenvalue weighted by Gasteiger charge is 2.32. The molecule has 0 aliphatic carbocycles. The van der Waals surface area contributed by atoms with E-state index < -0.39 is 0 Å². The van der Waals surface area contributed by atoms with Crippen LogP contribution in [0.5, 0.6) is 0 Å². The number of carbonyl (C=O) groups excluding carboxylic acids is 1. The monoisotopic (exact) mass is 173 g/mol. The highest BCUT2D eigenvalue weighted by atomic mass is 16.6. The van der Waals surface area contributed by atoms with Crippen LogP contribution in [0.15, 0.2) is 0 Å². The van der Waals surface area contributed by atoms with Crippen molar-refractivity contribution in [1.29, 1.82) is 0 Å². The molecule has 1 rings (SSSR count). The fourth-order valence-corrected chi connectivity index (χ4v) is 1.33. The molecule has 1 aliphatic rings. The van der Waals surface area contributed by atoms with Crippen molar-refractivity contribution in [2.75, 3.05) is 27.3 Å². The predicted octanol–water partition coefficient (Wildman–Crippen LogP) is -0.122. The summed E-state index contributed by atoms with van der Waals surface area (Å²) in [6.07, 6.45) is -0.0995. The van der Waals surface area contributed by atoms with Crippen molar-refractivity contribution in [2.24, 2.45) is 0 Å². The Morgan fingerprint density at radius 1 is 1.50 bits per heavy atom. The van der Waals surface area contributed by atoms with Gasteiger partial charge in [0.2, 0.25) is 0 Å². The maximum absolute atomic E-state index is 10.7. The maximum atomic E-state index is 10.7. The fraction of sp³-hybridized carbons (Fsp3) is 0.875. The van der Waals surface area contributed by atoms with E-state index in [0.29, 0.717) is 13.2 Å². The van der Waals surface area contributed by atoms with Crippen LogP contribution in [-0.2, 0) is 14.3 Å². The quantitative estimate of drug-likeness (QED) is 0.546. The highest BCUT2D eigenvalue weighted by Crippen LogP contribution is 2.13. The largest absolute Gasteiger partial charge is 0.458 e. The molecule has 1 aliphatic heterocycles. The molecule has 0 aromatic carbocycles. The second-order valence-electron chi connectivity index (χ2n) is 3.22. The van der Waals surface area contributed by atoms with E-state index in [2.05, 4.69) is 0 Å². The van der Waals surface area contributed by atoms with Gasteiger partial charge in [-0.25, -0.2) is 0 Å². The molecule has 0 aromatic rings. The molecule has 0 N–H and O–H groups in total. The normalized spacial score (nSPS) is 29.3. The van der Waals surface area contributed by atoms with Crippen molar-refractivity contribution in [2.45, 2.75) is 19.1 Å². The number of nitrogens with zero attached hydrogens (tertiary/aromatic N) is 1. The Kier molecular flexibility index (Phi) is 3.05. The van der Waals surface area contributed by atoms with E-state index in [1.807, 2.05) is 19.0 Å². The molecule has 0 unspecified atom stereocenters. The third-order valence-corrected chi connectivity index (χ3v) is 1.98. The van der Waals surface area contributed by atoms with E-state index >= 15 is 0 Å². The van der Waals surface area contributed by atoms with Crippen LogP contribution in [0.25, 0.3) is 0 Å². The van der Waals surface area contributed by atoms with Crippen molar-refractivity contribution in [1.82, 2.24) is 4.90 Å². The number of rotatable bonds is 2. The molecule has 0 radical (unpaired) electrons. The van der Waals surface area contributed by atoms with E-state index in [-0.39, 0.29) is 18.1 Å². The van der Waals surface area contributed by atoms with Gasteiger partial charge in [0, 0.05) is 6.92 Å². The Morgan fingerprint density at radius 2 is 2.17 bits per heavy atom. The molecule has 0 aromatic heterocycles. The van der Waals surface area contributed by atoms with Crippen molar-refractivity contribution in [3.63, 3.8) is 0 Å². The summed E-state index contributed by atoms with van der Waals surface area (Å²) in [6, 6.07) is 0.203. The highest BCUT2D eigenvalue weighted by molar-refractivity contribution is 5.66. The van der Waals surface area contributed by atoms with E-state index in [1.54, 1.807) is 0 Å². The molecular formula is C8H15NO3. The lowest BCUT2D eigenvalue weighted by atomic mass is 10.2. The van der Waals surface area contributed by atoms with Crippen LogP contribution in [0, 0.1) is 0 Å². The first-order valence-corrected chi connectivity index (χ1v) is 4.02. The maximum Gasteiger partial charge on any atom is 0.303 e. The summed E-state index contributed by atoms with van der Waals surface area (Å²) in [6.45, 7) is 2.58. The van der Waals surface area contributed by atoms with Gasteiger partial charge in [0.1, 0.15) is 6.10 Å². The van der Waals surface area contributed by atoms with Crippen LogP contribution >= 0.6 is 0 Å². The van der Waals surface area contributed by atoms with Gasteiger partial charge in [0.15, 0.2) is 0 Å². The Hall–Kier alpha value is -0.610. The van der Waals surface area contributed by atoms with Gasteiger partial charge >= 0.3 is 5.97 Å². The van der Waals surface area contributed by atoms with Crippen molar-refractivity contribution < 1.29 is 14.3 Å². The van der Waals surface area contributed by atoms with Gasteiger partial charge in [-0.1, -0.05) is 0 Å². The lowest BCUT2D eigenvalue weighted by Gasteiger charge is -2.23. The molecule has 0 spiro atoms. The molecule has 0 amide bonds. The van der Waals surface area contributed by atoms with Gasteiger partial charge in [-0.15, -0.1) is 0 Å². The summed E-state index contributed by atoms with van der Waals surface area (Å²) in [5.41, 5.74) is 0. The molecule has 70 valence electrons. The lowest BCUT2D eigenvalue weighted by Crippen LogP contribution is -2.40. The number of ether oxygens (including phenoxy) is 2. The standard InChI is InChI=1S/C8H15NO3/c1-6(10)12-8-5-11-4-7(8)9(2)3/h7-8H,4-5H2,1-3H3/t7-,8+/m0/s1. The molecule has 4 heteroatoms. The molecule has 0 bridgehead atoms. The average Bonchev–Trinajstić information content (AvgIpc) is 2.33. The summed E-state index contributed by atoms with van der Waals surface area (Å²) in [5.74, 6) is -0.239. The van der Waals surface area contributed by atoms with E-state index in [0.717, 1.165) is 0 Å². The van der Waals surface area contributed by atoms with Crippen LogP contribution in [0.4, 0.5) is 0 Å². The minimum Gasteiger partial charge on any atom is -0.458 e. The fourth-order valence-electron chi connectivity index (χ4n) is 1.33. The Labute approximate surface area is 72.4 Å². The van der Waals surface area contributed by atoms with Crippen molar-refractivity contribution in [3.05, 3.63) is 0 Å². The molecule has 0 saturated carbocycles. The smallest absolute Gasteiger partial charge is 0.303 e. The summed E-state index contributed by atoms with van der Waals surface area (Å²) in [7, 11) is 3.91. The van der Waals surface area contributed by atoms with E-state index in [9.17, 15) is 4.79 Å². The first kappa shape index (κ1) is 9.48. The van der Waals surface area contributed by atoms with Crippen molar-refractivity contribution in [3.8, 4) is 0 Å². The number of hydrogen-bond donors (Lipinski definition) is 0. The Balaban J connectivity index is 2.46. The second-order valence-corrected chi connectivity index (χ2v) is 3.22. The molecule has 1 saturated heterocycles. The van der Waals surface area contributed by atoms with Crippen LogP contribution in [0.2, 0.25) is 0 Å². The third kappa shape index (κ3) is 2.19. The molecule has 2 atom stereocenters. The van der Waals surface area contributed by atoms with E-state index in [1.165, 1.54) is 6.92 Å². The molecule has 1 heterocycles. The first-order chi connectivity index (χ1) is 5.61. The summed E-state index contributed by atoms with van der Waals surface area (Å²) >= 11 is 0. The third-order valence-electron chi connectivity index (χ3n) is 1.98. The predicted molar refractivity (Wildman–Crippen MR) is 43.8 cm³/mol. The lowest BCUT2D eigenvalue weighted by molar-refractivity contribution is -0.148. The van der Waals surface area contributed by atoms with Crippen LogP contribution < -0.4 is 0 Å². The minimum atomic E-state index is -0.239. The molecular weight excluding hydrogens is 158 g/mol. The van der Waals surface area contributed by atoms with Gasteiger partial charge in [0.05, 0.1) is 19.3 Å². The zero-order chi connectivity index (χ0) is 9.14. The topological polar surface area (TPSA) is 38.8 Å². The summed E-state index contributed by atoms with van der Waals surface area (Å²) in [4.78, 5) is 12.7. The molecule has 12 heavy (non-hydrogen) atoms. The van der Waals surface area contributed by atoms with Gasteiger partial charge in [-0.3, -0.25) is 4.79 Å². The van der Waals surface area contributed by atoms with Gasteiger partial charge in [0.25, 0.3) is 0 Å².